The Hall–Kier alpha value is -1.02. The Morgan fingerprint density at radius 2 is 1.73 bits per heavy atom. The van der Waals surface area contributed by atoms with Crippen molar-refractivity contribution >= 4 is 5.69 Å². The number of aryl methyl sites for hydroxylation is 1. The van der Waals surface area contributed by atoms with Crippen molar-refractivity contribution in [2.45, 2.75) is 32.6 Å². The molecule has 2 heteroatoms. The van der Waals surface area contributed by atoms with Crippen LogP contribution < -0.4 is 5.43 Å². The summed E-state index contributed by atoms with van der Waals surface area (Å²) in [6, 6.07) is 8.75. The highest BCUT2D eigenvalue weighted by molar-refractivity contribution is 5.43. The van der Waals surface area contributed by atoms with Crippen LogP contribution in [0.3, 0.4) is 0 Å². The Balaban J connectivity index is 1.91. The number of nitrogens with zero attached hydrogens (tertiary/aromatic N) is 1. The summed E-state index contributed by atoms with van der Waals surface area (Å²) in [5.41, 5.74) is 6.08. The first-order chi connectivity index (χ1) is 7.38. The summed E-state index contributed by atoms with van der Waals surface area (Å²) in [6.45, 7) is 4.54. The van der Waals surface area contributed by atoms with Gasteiger partial charge < -0.3 is 5.43 Å². The molecule has 1 aliphatic rings. The standard InChI is InChI=1S/C13H20N2/c1-2-12-6-8-13(9-7-12)14-15-10-4-3-5-11-15/h6-9,14H,2-5,10-11H2,1H3. The molecule has 2 nitrogen and oxygen atoms in total. The fourth-order valence-corrected chi connectivity index (χ4v) is 2.00. The van der Waals surface area contributed by atoms with Gasteiger partial charge in [0.25, 0.3) is 0 Å². The van der Waals surface area contributed by atoms with E-state index in [-0.39, 0.29) is 0 Å². The van der Waals surface area contributed by atoms with E-state index in [2.05, 4.69) is 41.6 Å². The quantitative estimate of drug-likeness (QED) is 0.814. The van der Waals surface area contributed by atoms with Crippen LogP contribution >= 0.6 is 0 Å². The molecule has 1 N–H and O–H groups in total. The average molecular weight is 204 g/mol. The molecule has 1 heterocycles. The van der Waals surface area contributed by atoms with E-state index in [9.17, 15) is 0 Å². The maximum absolute atomic E-state index is 3.47. The van der Waals surface area contributed by atoms with Crippen molar-refractivity contribution in [2.75, 3.05) is 18.5 Å². The maximum atomic E-state index is 3.47. The zero-order chi connectivity index (χ0) is 10.5. The molecule has 1 aliphatic heterocycles. The van der Waals surface area contributed by atoms with Gasteiger partial charge in [0.2, 0.25) is 0 Å². The molecule has 0 aliphatic carbocycles. The lowest BCUT2D eigenvalue weighted by molar-refractivity contribution is 0.273. The summed E-state index contributed by atoms with van der Waals surface area (Å²) < 4.78 is 0. The van der Waals surface area contributed by atoms with Crippen molar-refractivity contribution in [1.29, 1.82) is 0 Å². The molecule has 0 spiro atoms. The second kappa shape index (κ2) is 5.17. The normalized spacial score (nSPS) is 17.7. The van der Waals surface area contributed by atoms with E-state index in [1.807, 2.05) is 0 Å². The lowest BCUT2D eigenvalue weighted by Crippen LogP contribution is -2.34. The summed E-state index contributed by atoms with van der Waals surface area (Å²) in [4.78, 5) is 0. The fraction of sp³-hybridized carbons (Fsp3) is 0.538. The minimum Gasteiger partial charge on any atom is -0.319 e. The molecule has 1 fully saturated rings. The van der Waals surface area contributed by atoms with E-state index in [0.717, 1.165) is 6.42 Å². The van der Waals surface area contributed by atoms with Crippen LogP contribution in [0.25, 0.3) is 0 Å². The average Bonchev–Trinajstić information content (AvgIpc) is 2.31. The van der Waals surface area contributed by atoms with Gasteiger partial charge in [-0.1, -0.05) is 25.5 Å². The Bertz CT molecular complexity index is 286. The first kappa shape index (κ1) is 10.5. The number of rotatable bonds is 3. The number of hydrogen-bond acceptors (Lipinski definition) is 2. The molecule has 1 saturated heterocycles. The van der Waals surface area contributed by atoms with Gasteiger partial charge in [-0.2, -0.15) is 0 Å². The molecular formula is C13H20N2. The van der Waals surface area contributed by atoms with Crippen molar-refractivity contribution in [3.8, 4) is 0 Å². The summed E-state index contributed by atoms with van der Waals surface area (Å²) in [6.07, 6.45) is 5.14. The largest absolute Gasteiger partial charge is 0.319 e. The number of hydrazine groups is 1. The Morgan fingerprint density at radius 1 is 1.07 bits per heavy atom. The fourth-order valence-electron chi connectivity index (χ4n) is 2.00. The van der Waals surface area contributed by atoms with E-state index in [1.165, 1.54) is 43.6 Å². The van der Waals surface area contributed by atoms with E-state index in [4.69, 9.17) is 0 Å². The lowest BCUT2D eigenvalue weighted by Gasteiger charge is -2.27. The number of anilines is 1. The molecule has 0 amide bonds. The number of piperidine rings is 1. The van der Waals surface area contributed by atoms with E-state index < -0.39 is 0 Å². The molecule has 0 unspecified atom stereocenters. The zero-order valence-electron chi connectivity index (χ0n) is 9.50. The number of hydrogen-bond donors (Lipinski definition) is 1. The second-order valence-corrected chi connectivity index (χ2v) is 4.21. The van der Waals surface area contributed by atoms with Crippen LogP contribution in [0.2, 0.25) is 0 Å². The van der Waals surface area contributed by atoms with Gasteiger partial charge in [-0.25, -0.2) is 5.01 Å². The van der Waals surface area contributed by atoms with Crippen molar-refractivity contribution in [3.63, 3.8) is 0 Å². The van der Waals surface area contributed by atoms with Crippen molar-refractivity contribution in [2.24, 2.45) is 0 Å². The lowest BCUT2D eigenvalue weighted by atomic mass is 10.1. The van der Waals surface area contributed by atoms with Gasteiger partial charge in [-0.15, -0.1) is 0 Å². The van der Waals surface area contributed by atoms with Gasteiger partial charge in [0, 0.05) is 18.8 Å². The van der Waals surface area contributed by atoms with Gasteiger partial charge >= 0.3 is 0 Å². The Kier molecular flexibility index (Phi) is 3.62. The van der Waals surface area contributed by atoms with Crippen LogP contribution in [0.4, 0.5) is 5.69 Å². The smallest absolute Gasteiger partial charge is 0.0490 e. The second-order valence-electron chi connectivity index (χ2n) is 4.21. The highest BCUT2D eigenvalue weighted by atomic mass is 15.5. The molecule has 0 radical (unpaired) electrons. The van der Waals surface area contributed by atoms with E-state index in [0.29, 0.717) is 0 Å². The van der Waals surface area contributed by atoms with E-state index in [1.54, 1.807) is 0 Å². The Morgan fingerprint density at radius 3 is 2.33 bits per heavy atom. The molecule has 0 bridgehead atoms. The maximum Gasteiger partial charge on any atom is 0.0490 e. The van der Waals surface area contributed by atoms with Gasteiger partial charge in [0.1, 0.15) is 0 Å². The van der Waals surface area contributed by atoms with Crippen molar-refractivity contribution < 1.29 is 0 Å². The number of benzene rings is 1. The third-order valence-corrected chi connectivity index (χ3v) is 3.01. The van der Waals surface area contributed by atoms with Crippen LogP contribution in [-0.4, -0.2) is 18.1 Å². The minimum absolute atomic E-state index is 1.12. The third kappa shape index (κ3) is 2.96. The Labute approximate surface area is 92.3 Å². The molecule has 1 aromatic rings. The van der Waals surface area contributed by atoms with Crippen molar-refractivity contribution in [1.82, 2.24) is 5.01 Å². The molecule has 0 saturated carbocycles. The summed E-state index contributed by atoms with van der Waals surface area (Å²) in [5, 5.41) is 2.32. The molecule has 2 rings (SSSR count). The molecule has 15 heavy (non-hydrogen) atoms. The highest BCUT2D eigenvalue weighted by Crippen LogP contribution is 2.14. The zero-order valence-corrected chi connectivity index (χ0v) is 9.50. The van der Waals surface area contributed by atoms with Crippen molar-refractivity contribution in [3.05, 3.63) is 29.8 Å². The number of nitrogens with one attached hydrogen (secondary N) is 1. The van der Waals surface area contributed by atoms with E-state index >= 15 is 0 Å². The van der Waals surface area contributed by atoms with Crippen LogP contribution in [-0.2, 0) is 6.42 Å². The van der Waals surface area contributed by atoms with Crippen LogP contribution in [0, 0.1) is 0 Å². The monoisotopic (exact) mass is 204 g/mol. The van der Waals surface area contributed by atoms with Gasteiger partial charge in [-0.3, -0.25) is 0 Å². The first-order valence-electron chi connectivity index (χ1n) is 5.99. The highest BCUT2D eigenvalue weighted by Gasteiger charge is 2.08. The van der Waals surface area contributed by atoms with Crippen LogP contribution in [0.1, 0.15) is 31.7 Å². The van der Waals surface area contributed by atoms with Gasteiger partial charge in [0.15, 0.2) is 0 Å². The molecule has 0 atom stereocenters. The first-order valence-corrected chi connectivity index (χ1v) is 5.99. The predicted octanol–water partition coefficient (Wildman–Crippen LogP) is 3.06. The van der Waals surface area contributed by atoms with Crippen LogP contribution in [0.5, 0.6) is 0 Å². The molecule has 0 aromatic heterocycles. The summed E-state index contributed by atoms with van der Waals surface area (Å²) in [5.74, 6) is 0. The minimum atomic E-state index is 1.12. The van der Waals surface area contributed by atoms with Gasteiger partial charge in [-0.05, 0) is 37.0 Å². The molecule has 82 valence electrons. The SMILES string of the molecule is CCc1ccc(NN2CCCCC2)cc1. The molecular weight excluding hydrogens is 184 g/mol. The summed E-state index contributed by atoms with van der Waals surface area (Å²) >= 11 is 0. The van der Waals surface area contributed by atoms with Gasteiger partial charge in [0.05, 0.1) is 0 Å². The molecule has 1 aromatic carbocycles. The summed E-state index contributed by atoms with van der Waals surface area (Å²) in [7, 11) is 0. The topological polar surface area (TPSA) is 15.3 Å². The van der Waals surface area contributed by atoms with Crippen LogP contribution in [0.15, 0.2) is 24.3 Å². The predicted molar refractivity (Wildman–Crippen MR) is 64.9 cm³/mol. The third-order valence-electron chi connectivity index (χ3n) is 3.01.